The summed E-state index contributed by atoms with van der Waals surface area (Å²) in [5.41, 5.74) is 1.56. The highest BCUT2D eigenvalue weighted by atomic mass is 35.5. The van der Waals surface area contributed by atoms with Crippen LogP contribution in [0.3, 0.4) is 0 Å². The third-order valence-electron chi connectivity index (χ3n) is 5.36. The van der Waals surface area contributed by atoms with Crippen molar-refractivity contribution in [3.05, 3.63) is 65.3 Å². The monoisotopic (exact) mass is 465 g/mol. The van der Waals surface area contributed by atoms with Crippen molar-refractivity contribution in [2.45, 2.75) is 25.8 Å². The Labute approximate surface area is 194 Å². The van der Waals surface area contributed by atoms with Gasteiger partial charge in [0.05, 0.1) is 36.3 Å². The van der Waals surface area contributed by atoms with E-state index in [4.69, 9.17) is 20.9 Å². The first-order chi connectivity index (χ1) is 16.2. The fraction of sp³-hybridized carbons (Fsp3) is 0.273. The van der Waals surface area contributed by atoms with E-state index >= 15 is 0 Å². The number of ether oxygens (including phenoxy) is 1. The molecule has 0 spiro atoms. The Morgan fingerprint density at radius 2 is 2.09 bits per heavy atom. The molecule has 1 amide bonds. The molecule has 1 atom stereocenters. The molecule has 0 N–H and O–H groups in total. The number of aromatic nitrogens is 6. The summed E-state index contributed by atoms with van der Waals surface area (Å²) >= 11 is 6.22. The Bertz CT molecular complexity index is 1270. The molecule has 3 aromatic heterocycles. The van der Waals surface area contributed by atoms with Gasteiger partial charge < -0.3 is 14.2 Å². The average Bonchev–Trinajstić information content (AvgIpc) is 3.60. The largest absolute Gasteiger partial charge is 0.477 e. The predicted molar refractivity (Wildman–Crippen MR) is 118 cm³/mol. The number of amides is 1. The van der Waals surface area contributed by atoms with Gasteiger partial charge in [-0.1, -0.05) is 16.8 Å². The number of halogens is 1. The molecule has 1 aliphatic rings. The molecule has 0 aliphatic carbocycles. The number of hydrogen-bond acceptors (Lipinski definition) is 8. The van der Waals surface area contributed by atoms with Gasteiger partial charge in [0.15, 0.2) is 5.82 Å². The first-order valence-electron chi connectivity index (χ1n) is 10.5. The van der Waals surface area contributed by atoms with Crippen LogP contribution < -0.4 is 4.74 Å². The molecule has 0 bridgehead atoms. The number of nitrogens with zero attached hydrogens (tertiary/aromatic N) is 7. The molecule has 1 unspecified atom stereocenters. The lowest BCUT2D eigenvalue weighted by molar-refractivity contribution is 0.0728. The van der Waals surface area contributed by atoms with Crippen molar-refractivity contribution >= 4 is 17.5 Å². The van der Waals surface area contributed by atoms with Crippen molar-refractivity contribution in [1.82, 2.24) is 35.0 Å². The molecule has 33 heavy (non-hydrogen) atoms. The fourth-order valence-electron chi connectivity index (χ4n) is 3.91. The molecule has 1 aliphatic heterocycles. The summed E-state index contributed by atoms with van der Waals surface area (Å²) in [6, 6.07) is 8.31. The van der Waals surface area contributed by atoms with Gasteiger partial charge in [0.25, 0.3) is 11.8 Å². The van der Waals surface area contributed by atoms with Crippen molar-refractivity contribution in [2.75, 3.05) is 13.2 Å². The van der Waals surface area contributed by atoms with Crippen LogP contribution in [0.2, 0.25) is 5.02 Å². The van der Waals surface area contributed by atoms with E-state index in [1.165, 1.54) is 4.80 Å². The van der Waals surface area contributed by atoms with E-state index in [2.05, 4.69) is 25.3 Å². The molecule has 11 heteroatoms. The van der Waals surface area contributed by atoms with Crippen LogP contribution in [0.25, 0.3) is 17.1 Å². The zero-order chi connectivity index (χ0) is 22.8. The van der Waals surface area contributed by atoms with Crippen LogP contribution in [0.4, 0.5) is 0 Å². The Hall–Kier alpha value is -3.79. The van der Waals surface area contributed by atoms with E-state index in [-0.39, 0.29) is 11.9 Å². The molecular weight excluding hydrogens is 446 g/mol. The summed E-state index contributed by atoms with van der Waals surface area (Å²) in [5.74, 6) is 0.952. The lowest BCUT2D eigenvalue weighted by Gasteiger charge is -2.23. The quantitative estimate of drug-likeness (QED) is 0.423. The number of carbonyl (C=O) groups is 1. The Balaban J connectivity index is 1.46. The van der Waals surface area contributed by atoms with Crippen LogP contribution in [-0.2, 0) is 0 Å². The number of benzene rings is 1. The van der Waals surface area contributed by atoms with E-state index in [9.17, 15) is 4.79 Å². The van der Waals surface area contributed by atoms with Crippen LogP contribution in [0, 0.1) is 0 Å². The minimum atomic E-state index is -0.334. The molecule has 1 saturated heterocycles. The molecular formula is C22H20ClN7O3. The van der Waals surface area contributed by atoms with Crippen LogP contribution in [-0.4, -0.2) is 54.1 Å². The summed E-state index contributed by atoms with van der Waals surface area (Å²) in [5, 5.41) is 12.9. The molecule has 0 radical (unpaired) electrons. The first-order valence-corrected chi connectivity index (χ1v) is 10.9. The molecule has 0 saturated carbocycles. The van der Waals surface area contributed by atoms with Gasteiger partial charge in [-0.15, -0.1) is 0 Å². The Morgan fingerprint density at radius 3 is 2.91 bits per heavy atom. The van der Waals surface area contributed by atoms with Gasteiger partial charge in [0, 0.05) is 17.8 Å². The smallest absolute Gasteiger partial charge is 0.263 e. The Morgan fingerprint density at radius 1 is 1.24 bits per heavy atom. The minimum Gasteiger partial charge on any atom is -0.477 e. The molecule has 1 fully saturated rings. The van der Waals surface area contributed by atoms with Crippen molar-refractivity contribution < 1.29 is 14.1 Å². The van der Waals surface area contributed by atoms with E-state index in [1.54, 1.807) is 47.8 Å². The molecule has 168 valence electrons. The molecule has 4 heterocycles. The second kappa shape index (κ2) is 8.99. The van der Waals surface area contributed by atoms with Crippen molar-refractivity contribution in [1.29, 1.82) is 0 Å². The summed E-state index contributed by atoms with van der Waals surface area (Å²) in [4.78, 5) is 25.5. The van der Waals surface area contributed by atoms with Crippen LogP contribution in [0.1, 0.15) is 42.0 Å². The summed E-state index contributed by atoms with van der Waals surface area (Å²) in [6.07, 6.45) is 6.27. The zero-order valence-corrected chi connectivity index (χ0v) is 18.5. The third kappa shape index (κ3) is 4.05. The molecule has 4 aromatic rings. The highest BCUT2D eigenvalue weighted by Crippen LogP contribution is 2.35. The normalized spacial score (nSPS) is 15.7. The maximum Gasteiger partial charge on any atom is 0.263 e. The van der Waals surface area contributed by atoms with E-state index in [1.807, 2.05) is 13.0 Å². The average molecular weight is 466 g/mol. The summed E-state index contributed by atoms with van der Waals surface area (Å²) < 4.78 is 11.1. The van der Waals surface area contributed by atoms with Gasteiger partial charge in [-0.2, -0.15) is 20.0 Å². The Kier molecular flexibility index (Phi) is 5.74. The van der Waals surface area contributed by atoms with Gasteiger partial charge in [-0.3, -0.25) is 4.79 Å². The number of carbonyl (C=O) groups excluding carboxylic acids is 1. The third-order valence-corrected chi connectivity index (χ3v) is 5.59. The van der Waals surface area contributed by atoms with Gasteiger partial charge in [0.2, 0.25) is 5.88 Å². The summed E-state index contributed by atoms with van der Waals surface area (Å²) in [6.45, 7) is 2.90. The maximum atomic E-state index is 13.6. The van der Waals surface area contributed by atoms with Crippen molar-refractivity contribution in [3.8, 4) is 23.0 Å². The standard InChI is InChI=1S/C22H20ClN7O3/c1-2-32-20-15(5-3-9-24-20)21-27-19(28-33-21)18-6-4-12-29(18)22(31)16-13-14(23)7-8-17(16)30-25-10-11-26-30/h3,5,7-11,13,18H,2,4,6,12H2,1H3. The van der Waals surface area contributed by atoms with Crippen molar-refractivity contribution in [3.63, 3.8) is 0 Å². The lowest BCUT2D eigenvalue weighted by atomic mass is 10.1. The van der Waals surface area contributed by atoms with E-state index in [0.29, 0.717) is 59.0 Å². The van der Waals surface area contributed by atoms with Gasteiger partial charge >= 0.3 is 0 Å². The predicted octanol–water partition coefficient (Wildman–Crippen LogP) is 3.74. The first kappa shape index (κ1) is 21.1. The second-order valence-electron chi connectivity index (χ2n) is 7.38. The highest BCUT2D eigenvalue weighted by Gasteiger charge is 2.35. The van der Waals surface area contributed by atoms with Crippen LogP contribution in [0.5, 0.6) is 5.88 Å². The van der Waals surface area contributed by atoms with E-state index < -0.39 is 0 Å². The number of pyridine rings is 1. The lowest BCUT2D eigenvalue weighted by Crippen LogP contribution is -2.32. The van der Waals surface area contributed by atoms with Crippen LogP contribution >= 0.6 is 11.6 Å². The van der Waals surface area contributed by atoms with Crippen molar-refractivity contribution in [2.24, 2.45) is 0 Å². The van der Waals surface area contributed by atoms with Gasteiger partial charge in [-0.05, 0) is 50.1 Å². The van der Waals surface area contributed by atoms with Crippen LogP contribution in [0.15, 0.2) is 53.4 Å². The molecule has 1 aromatic carbocycles. The fourth-order valence-corrected chi connectivity index (χ4v) is 4.08. The maximum absolute atomic E-state index is 13.6. The number of hydrogen-bond donors (Lipinski definition) is 0. The minimum absolute atomic E-state index is 0.199. The van der Waals surface area contributed by atoms with E-state index in [0.717, 1.165) is 6.42 Å². The van der Waals surface area contributed by atoms with Gasteiger partial charge in [0.1, 0.15) is 5.56 Å². The zero-order valence-electron chi connectivity index (χ0n) is 17.8. The van der Waals surface area contributed by atoms with Gasteiger partial charge in [-0.25, -0.2) is 4.98 Å². The number of rotatable bonds is 6. The topological polar surface area (TPSA) is 112 Å². The SMILES string of the molecule is CCOc1ncccc1-c1nc(C2CCCN2C(=O)c2cc(Cl)ccc2-n2nccn2)no1. The highest BCUT2D eigenvalue weighted by molar-refractivity contribution is 6.31. The summed E-state index contributed by atoms with van der Waals surface area (Å²) in [7, 11) is 0. The number of likely N-dealkylation sites (tertiary alicyclic amines) is 1. The second-order valence-corrected chi connectivity index (χ2v) is 7.82. The molecule has 10 nitrogen and oxygen atoms in total. The molecule has 5 rings (SSSR count).